The average Bonchev–Trinajstić information content (AvgIpc) is 2.27. The van der Waals surface area contributed by atoms with Gasteiger partial charge in [0.15, 0.2) is 0 Å². The summed E-state index contributed by atoms with van der Waals surface area (Å²) < 4.78 is 24.5. The molecular weight excluding hydrogens is 202 g/mol. The van der Waals surface area contributed by atoms with Gasteiger partial charge in [-0.1, -0.05) is 13.8 Å². The van der Waals surface area contributed by atoms with Crippen LogP contribution in [0, 0.1) is 18.6 Å². The fourth-order valence-electron chi connectivity index (χ4n) is 0.608. The molecule has 1 amide bonds. The third kappa shape index (κ3) is 8.83. The van der Waals surface area contributed by atoms with Gasteiger partial charge in [-0.25, -0.2) is 14.6 Å². The molecule has 0 aliphatic heterocycles. The molecule has 86 valence electrons. The molecule has 15 heavy (non-hydrogen) atoms. The maximum absolute atomic E-state index is 12.3. The highest BCUT2D eigenvalue weighted by molar-refractivity contribution is 5.44. The summed E-state index contributed by atoms with van der Waals surface area (Å²) in [6, 6.07) is 3.38. The summed E-state index contributed by atoms with van der Waals surface area (Å²) in [5, 5.41) is 0. The van der Waals surface area contributed by atoms with Gasteiger partial charge in [0.25, 0.3) is 0 Å². The molecule has 0 unspecified atom stereocenters. The van der Waals surface area contributed by atoms with Crippen molar-refractivity contribution in [2.45, 2.75) is 20.8 Å². The van der Waals surface area contributed by atoms with Gasteiger partial charge in [-0.15, -0.1) is 0 Å². The molecule has 0 aromatic heterocycles. The number of halogens is 2. The molecule has 3 nitrogen and oxygen atoms in total. The third-order valence-electron chi connectivity index (χ3n) is 1.19. The van der Waals surface area contributed by atoms with Crippen molar-refractivity contribution < 1.29 is 13.6 Å². The Morgan fingerprint density at radius 1 is 1.33 bits per heavy atom. The number of nitrogens with two attached hydrogens (primary N) is 1. The van der Waals surface area contributed by atoms with Crippen molar-refractivity contribution in [3.8, 4) is 0 Å². The Hall–Kier alpha value is -1.49. The molecule has 0 aliphatic rings. The first-order valence-electron chi connectivity index (χ1n) is 4.43. The van der Waals surface area contributed by atoms with E-state index < -0.39 is 5.82 Å². The smallest absolute Gasteiger partial charge is 0.221 e. The van der Waals surface area contributed by atoms with Gasteiger partial charge >= 0.3 is 0 Å². The van der Waals surface area contributed by atoms with E-state index in [1.165, 1.54) is 6.92 Å². The highest BCUT2D eigenvalue weighted by Gasteiger charge is 1.95. The highest BCUT2D eigenvalue weighted by Crippen LogP contribution is 2.06. The zero-order chi connectivity index (χ0) is 12.3. The second-order valence-corrected chi connectivity index (χ2v) is 2.18. The number of nitrogens with one attached hydrogen (secondary N) is 1. The molecule has 1 rings (SSSR count). The summed E-state index contributed by atoms with van der Waals surface area (Å²) in [5.41, 5.74) is 2.09. The molecule has 0 radical (unpaired) electrons. The lowest BCUT2D eigenvalue weighted by molar-refractivity contribution is -0.109. The maximum atomic E-state index is 12.3. The topological polar surface area (TPSA) is 55.1 Å². The number of carbonyl (C=O) groups is 1. The molecular formula is C10H16F2N2O. The van der Waals surface area contributed by atoms with Crippen LogP contribution in [0.1, 0.15) is 19.4 Å². The van der Waals surface area contributed by atoms with Gasteiger partial charge in [-0.05, 0) is 30.7 Å². The van der Waals surface area contributed by atoms with Crippen molar-refractivity contribution in [3.05, 3.63) is 35.4 Å². The predicted octanol–water partition coefficient (Wildman–Crippen LogP) is 1.91. The van der Waals surface area contributed by atoms with Gasteiger partial charge in [0.05, 0.1) is 0 Å². The first kappa shape index (κ1) is 16.0. The van der Waals surface area contributed by atoms with E-state index >= 15 is 0 Å². The van der Waals surface area contributed by atoms with Gasteiger partial charge in [0.1, 0.15) is 11.6 Å². The van der Waals surface area contributed by atoms with Crippen LogP contribution in [0.2, 0.25) is 0 Å². The fourth-order valence-corrected chi connectivity index (χ4v) is 0.608. The van der Waals surface area contributed by atoms with Gasteiger partial charge in [-0.3, -0.25) is 10.2 Å². The number of benzene rings is 1. The van der Waals surface area contributed by atoms with Gasteiger partial charge in [0, 0.05) is 0 Å². The van der Waals surface area contributed by atoms with E-state index in [0.29, 0.717) is 12.0 Å². The van der Waals surface area contributed by atoms with Crippen molar-refractivity contribution in [1.29, 1.82) is 0 Å². The first-order valence-corrected chi connectivity index (χ1v) is 4.43. The molecule has 1 aromatic carbocycles. The fraction of sp³-hybridized carbons (Fsp3) is 0.300. The van der Waals surface area contributed by atoms with Crippen molar-refractivity contribution in [2.24, 2.45) is 5.84 Å². The molecule has 0 aliphatic carbocycles. The second-order valence-electron chi connectivity index (χ2n) is 2.18. The van der Waals surface area contributed by atoms with Gasteiger partial charge < -0.3 is 0 Å². The maximum Gasteiger partial charge on any atom is 0.221 e. The lowest BCUT2D eigenvalue weighted by atomic mass is 10.2. The molecule has 3 N–H and O–H groups in total. The zero-order valence-corrected chi connectivity index (χ0v) is 9.05. The minimum atomic E-state index is -0.395. The molecule has 0 bridgehead atoms. The molecule has 0 fully saturated rings. The molecule has 0 saturated carbocycles. The first-order chi connectivity index (χ1) is 7.11. The number of rotatable bonds is 1. The zero-order valence-electron chi connectivity index (χ0n) is 9.05. The van der Waals surface area contributed by atoms with Crippen molar-refractivity contribution in [3.63, 3.8) is 0 Å². The van der Waals surface area contributed by atoms with Crippen molar-refractivity contribution >= 4 is 6.41 Å². The van der Waals surface area contributed by atoms with Crippen molar-refractivity contribution in [2.75, 3.05) is 0 Å². The second kappa shape index (κ2) is 10.6. The standard InChI is InChI=1S/C7H6F2.C2H6.CH4N2O/c1-5-4-6(8)2-3-7(5)9;1-2;2-3-1-4/h2-4H,1H3;1-2H3;1H,2H2,(H,3,4). The highest BCUT2D eigenvalue weighted by atomic mass is 19.1. The summed E-state index contributed by atoms with van der Waals surface area (Å²) in [5.74, 6) is 3.65. The predicted molar refractivity (Wildman–Crippen MR) is 55.8 cm³/mol. The van der Waals surface area contributed by atoms with Crippen LogP contribution in [-0.2, 0) is 4.79 Å². The molecule has 5 heteroatoms. The lowest BCUT2D eigenvalue weighted by Crippen LogP contribution is -2.18. The Labute approximate surface area is 88.3 Å². The van der Waals surface area contributed by atoms with Crippen LogP contribution >= 0.6 is 0 Å². The largest absolute Gasteiger partial charge is 0.297 e. The quantitative estimate of drug-likeness (QED) is 0.327. The summed E-state index contributed by atoms with van der Waals surface area (Å²) in [7, 11) is 0. The Bertz CT molecular complexity index is 280. The molecule has 1 aromatic rings. The van der Waals surface area contributed by atoms with Crippen LogP contribution in [0.3, 0.4) is 0 Å². The van der Waals surface area contributed by atoms with Crippen LogP contribution in [-0.4, -0.2) is 6.41 Å². The van der Waals surface area contributed by atoms with E-state index in [9.17, 15) is 8.78 Å². The molecule has 0 spiro atoms. The van der Waals surface area contributed by atoms with Crippen molar-refractivity contribution in [1.82, 2.24) is 5.43 Å². The minimum Gasteiger partial charge on any atom is -0.297 e. The molecule has 0 atom stereocenters. The van der Waals surface area contributed by atoms with Gasteiger partial charge in [-0.2, -0.15) is 0 Å². The summed E-state index contributed by atoms with van der Waals surface area (Å²) in [4.78, 5) is 8.94. The van der Waals surface area contributed by atoms with Crippen LogP contribution < -0.4 is 11.3 Å². The number of hydrogen-bond acceptors (Lipinski definition) is 2. The SMILES string of the molecule is CC.Cc1cc(F)ccc1F.NNC=O. The number of hydrogen-bond donors (Lipinski definition) is 2. The van der Waals surface area contributed by atoms with E-state index in [4.69, 9.17) is 4.79 Å². The Morgan fingerprint density at radius 3 is 2.07 bits per heavy atom. The molecule has 0 saturated heterocycles. The monoisotopic (exact) mass is 218 g/mol. The van der Waals surface area contributed by atoms with Crippen LogP contribution in [0.25, 0.3) is 0 Å². The van der Waals surface area contributed by atoms with E-state index in [0.717, 1.165) is 18.2 Å². The lowest BCUT2D eigenvalue weighted by Gasteiger charge is -1.92. The average molecular weight is 218 g/mol. The minimum absolute atomic E-state index is 0.343. The van der Waals surface area contributed by atoms with Crippen LogP contribution in [0.5, 0.6) is 0 Å². The normalized spacial score (nSPS) is 7.60. The Kier molecular flexibility index (Phi) is 11.3. The summed E-state index contributed by atoms with van der Waals surface area (Å²) in [6.07, 6.45) is 0.403. The summed E-state index contributed by atoms with van der Waals surface area (Å²) in [6.45, 7) is 5.53. The van der Waals surface area contributed by atoms with E-state index in [2.05, 4.69) is 5.84 Å². The van der Waals surface area contributed by atoms with E-state index in [1.54, 1.807) is 5.43 Å². The molecule has 0 heterocycles. The summed E-state index contributed by atoms with van der Waals surface area (Å²) >= 11 is 0. The number of hydrazine groups is 1. The number of amides is 1. The number of aryl methyl sites for hydroxylation is 1. The Balaban J connectivity index is 0. The van der Waals surface area contributed by atoms with Crippen LogP contribution in [0.15, 0.2) is 18.2 Å². The van der Waals surface area contributed by atoms with E-state index in [1.807, 2.05) is 13.8 Å². The third-order valence-corrected chi connectivity index (χ3v) is 1.19. The van der Waals surface area contributed by atoms with E-state index in [-0.39, 0.29) is 5.82 Å². The van der Waals surface area contributed by atoms with Crippen LogP contribution in [0.4, 0.5) is 8.78 Å². The number of carbonyl (C=O) groups excluding carboxylic acids is 1. The van der Waals surface area contributed by atoms with Gasteiger partial charge in [0.2, 0.25) is 6.41 Å². The Morgan fingerprint density at radius 2 is 1.80 bits per heavy atom.